The van der Waals surface area contributed by atoms with Crippen LogP contribution in [-0.4, -0.2) is 29.0 Å². The third-order valence-electron chi connectivity index (χ3n) is 1.78. The SMILES string of the molecule is CN(C)Cc1nc(Cl)c2ccsc2n1. The summed E-state index contributed by atoms with van der Waals surface area (Å²) in [5, 5.41) is 3.47. The van der Waals surface area contributed by atoms with Gasteiger partial charge in [-0.3, -0.25) is 0 Å². The summed E-state index contributed by atoms with van der Waals surface area (Å²) in [6.07, 6.45) is 0. The fourth-order valence-electron chi connectivity index (χ4n) is 1.21. The maximum absolute atomic E-state index is 6.02. The first-order chi connectivity index (χ1) is 6.66. The molecule has 2 aromatic heterocycles. The minimum absolute atomic E-state index is 0.549. The summed E-state index contributed by atoms with van der Waals surface area (Å²) in [7, 11) is 3.96. The second-order valence-electron chi connectivity index (χ2n) is 3.31. The van der Waals surface area contributed by atoms with Gasteiger partial charge in [0.1, 0.15) is 15.8 Å². The number of nitrogens with zero attached hydrogens (tertiary/aromatic N) is 3. The van der Waals surface area contributed by atoms with Crippen molar-refractivity contribution < 1.29 is 0 Å². The van der Waals surface area contributed by atoms with Gasteiger partial charge in [-0.15, -0.1) is 11.3 Å². The van der Waals surface area contributed by atoms with Gasteiger partial charge in [0.25, 0.3) is 0 Å². The topological polar surface area (TPSA) is 29.0 Å². The summed E-state index contributed by atoms with van der Waals surface area (Å²) in [5.41, 5.74) is 0. The summed E-state index contributed by atoms with van der Waals surface area (Å²) < 4.78 is 0. The summed E-state index contributed by atoms with van der Waals surface area (Å²) in [6.45, 7) is 0.716. The van der Waals surface area contributed by atoms with Crippen molar-refractivity contribution in [1.29, 1.82) is 0 Å². The van der Waals surface area contributed by atoms with Crippen LogP contribution in [-0.2, 0) is 6.54 Å². The first kappa shape index (κ1) is 9.83. The molecular formula is C9H10ClN3S. The summed E-state index contributed by atoms with van der Waals surface area (Å²) in [4.78, 5) is 11.6. The summed E-state index contributed by atoms with van der Waals surface area (Å²) in [5.74, 6) is 0.773. The van der Waals surface area contributed by atoms with E-state index in [0.29, 0.717) is 11.7 Å². The molecule has 3 nitrogen and oxygen atoms in total. The Bertz CT molecular complexity index is 452. The lowest BCUT2D eigenvalue weighted by molar-refractivity contribution is 0.391. The van der Waals surface area contributed by atoms with Gasteiger partial charge in [-0.2, -0.15) is 0 Å². The van der Waals surface area contributed by atoms with Gasteiger partial charge in [-0.1, -0.05) is 11.6 Å². The molecule has 2 rings (SSSR count). The molecule has 74 valence electrons. The Hall–Kier alpha value is -0.710. The second-order valence-corrected chi connectivity index (χ2v) is 4.56. The minimum atomic E-state index is 0.549. The molecular weight excluding hydrogens is 218 g/mol. The van der Waals surface area contributed by atoms with E-state index in [1.165, 1.54) is 0 Å². The molecule has 0 saturated carbocycles. The molecule has 0 amide bonds. The normalized spacial score (nSPS) is 11.4. The van der Waals surface area contributed by atoms with E-state index in [1.807, 2.05) is 30.4 Å². The van der Waals surface area contributed by atoms with Gasteiger partial charge in [0.15, 0.2) is 0 Å². The molecule has 5 heteroatoms. The van der Waals surface area contributed by atoms with Crippen LogP contribution in [0.25, 0.3) is 10.2 Å². The Balaban J connectivity index is 2.47. The molecule has 0 aromatic carbocycles. The van der Waals surface area contributed by atoms with E-state index in [1.54, 1.807) is 11.3 Å². The number of thiophene rings is 1. The van der Waals surface area contributed by atoms with Crippen LogP contribution < -0.4 is 0 Å². The standard InChI is InChI=1S/C9H10ClN3S/c1-13(2)5-7-11-8(10)6-3-4-14-9(6)12-7/h3-4H,5H2,1-2H3. The van der Waals surface area contributed by atoms with Gasteiger partial charge < -0.3 is 4.90 Å². The van der Waals surface area contributed by atoms with Crippen LogP contribution in [0.1, 0.15) is 5.82 Å². The van der Waals surface area contributed by atoms with Crippen molar-refractivity contribution in [3.05, 3.63) is 22.4 Å². The predicted octanol–water partition coefficient (Wildman–Crippen LogP) is 2.41. The number of hydrogen-bond donors (Lipinski definition) is 0. The highest BCUT2D eigenvalue weighted by atomic mass is 35.5. The molecule has 0 unspecified atom stereocenters. The van der Waals surface area contributed by atoms with E-state index in [2.05, 4.69) is 9.97 Å². The summed E-state index contributed by atoms with van der Waals surface area (Å²) in [6, 6.07) is 1.95. The smallest absolute Gasteiger partial charge is 0.145 e. The maximum Gasteiger partial charge on any atom is 0.145 e. The Morgan fingerprint density at radius 1 is 1.43 bits per heavy atom. The third kappa shape index (κ3) is 1.87. The van der Waals surface area contributed by atoms with Crippen LogP contribution in [0.3, 0.4) is 0 Å². The highest BCUT2D eigenvalue weighted by Gasteiger charge is 2.07. The van der Waals surface area contributed by atoms with Crippen LogP contribution in [0.5, 0.6) is 0 Å². The van der Waals surface area contributed by atoms with E-state index >= 15 is 0 Å². The van der Waals surface area contributed by atoms with Crippen molar-refractivity contribution in [3.8, 4) is 0 Å². The zero-order valence-corrected chi connectivity index (χ0v) is 9.56. The van der Waals surface area contributed by atoms with Crippen molar-refractivity contribution in [3.63, 3.8) is 0 Å². The number of fused-ring (bicyclic) bond motifs is 1. The first-order valence-corrected chi connectivity index (χ1v) is 5.47. The molecule has 14 heavy (non-hydrogen) atoms. The Morgan fingerprint density at radius 2 is 2.21 bits per heavy atom. The molecule has 0 radical (unpaired) electrons. The van der Waals surface area contributed by atoms with Crippen molar-refractivity contribution >= 4 is 33.2 Å². The first-order valence-electron chi connectivity index (χ1n) is 4.21. The Labute approximate surface area is 91.4 Å². The molecule has 0 N–H and O–H groups in total. The molecule has 2 aromatic rings. The number of halogens is 1. The highest BCUT2D eigenvalue weighted by molar-refractivity contribution is 7.16. The quantitative estimate of drug-likeness (QED) is 0.738. The number of aromatic nitrogens is 2. The van der Waals surface area contributed by atoms with Crippen molar-refractivity contribution in [2.45, 2.75) is 6.54 Å². The molecule has 0 saturated heterocycles. The van der Waals surface area contributed by atoms with Crippen molar-refractivity contribution in [2.75, 3.05) is 14.1 Å². The number of rotatable bonds is 2. The molecule has 0 aliphatic carbocycles. The lowest BCUT2D eigenvalue weighted by Gasteiger charge is -2.07. The fourth-order valence-corrected chi connectivity index (χ4v) is 2.30. The van der Waals surface area contributed by atoms with Crippen molar-refractivity contribution in [1.82, 2.24) is 14.9 Å². The molecule has 0 fully saturated rings. The zero-order chi connectivity index (χ0) is 10.1. The maximum atomic E-state index is 6.02. The minimum Gasteiger partial charge on any atom is -0.302 e. The predicted molar refractivity (Wildman–Crippen MR) is 59.8 cm³/mol. The van der Waals surface area contributed by atoms with E-state index in [4.69, 9.17) is 11.6 Å². The average Bonchev–Trinajstić information content (AvgIpc) is 2.50. The molecule has 0 bridgehead atoms. The second kappa shape index (κ2) is 3.81. The third-order valence-corrected chi connectivity index (χ3v) is 2.88. The van der Waals surface area contributed by atoms with Crippen LogP contribution in [0.15, 0.2) is 11.4 Å². The van der Waals surface area contributed by atoms with Gasteiger partial charge in [0.2, 0.25) is 0 Å². The number of hydrogen-bond acceptors (Lipinski definition) is 4. The molecule has 2 heterocycles. The van der Waals surface area contributed by atoms with Crippen LogP contribution in [0, 0.1) is 0 Å². The van der Waals surface area contributed by atoms with E-state index in [-0.39, 0.29) is 0 Å². The lowest BCUT2D eigenvalue weighted by atomic mass is 10.4. The highest BCUT2D eigenvalue weighted by Crippen LogP contribution is 2.24. The van der Waals surface area contributed by atoms with Gasteiger partial charge in [0.05, 0.1) is 6.54 Å². The Morgan fingerprint density at radius 3 is 2.93 bits per heavy atom. The average molecular weight is 228 g/mol. The largest absolute Gasteiger partial charge is 0.302 e. The van der Waals surface area contributed by atoms with E-state index in [0.717, 1.165) is 16.0 Å². The summed E-state index contributed by atoms with van der Waals surface area (Å²) >= 11 is 7.61. The van der Waals surface area contributed by atoms with Crippen molar-refractivity contribution in [2.24, 2.45) is 0 Å². The van der Waals surface area contributed by atoms with E-state index < -0.39 is 0 Å². The zero-order valence-electron chi connectivity index (χ0n) is 7.99. The van der Waals surface area contributed by atoms with Crippen LogP contribution in [0.2, 0.25) is 5.15 Å². The monoisotopic (exact) mass is 227 g/mol. The molecule has 0 aliphatic rings. The molecule has 0 spiro atoms. The van der Waals surface area contributed by atoms with Gasteiger partial charge in [0, 0.05) is 5.39 Å². The Kier molecular flexibility index (Phi) is 2.67. The van der Waals surface area contributed by atoms with Gasteiger partial charge in [-0.25, -0.2) is 9.97 Å². The van der Waals surface area contributed by atoms with Crippen LogP contribution in [0.4, 0.5) is 0 Å². The lowest BCUT2D eigenvalue weighted by Crippen LogP contribution is -2.13. The van der Waals surface area contributed by atoms with Crippen LogP contribution >= 0.6 is 22.9 Å². The molecule has 0 aliphatic heterocycles. The van der Waals surface area contributed by atoms with E-state index in [9.17, 15) is 0 Å². The van der Waals surface area contributed by atoms with Gasteiger partial charge in [-0.05, 0) is 25.5 Å². The van der Waals surface area contributed by atoms with Gasteiger partial charge >= 0.3 is 0 Å². The fraction of sp³-hybridized carbons (Fsp3) is 0.333. The molecule has 0 atom stereocenters.